The summed E-state index contributed by atoms with van der Waals surface area (Å²) in [6.45, 7) is 145. The van der Waals surface area contributed by atoms with Gasteiger partial charge in [-0.3, -0.25) is 0 Å². The normalized spacial score (nSPS) is 16.3. The standard InChI is InChI=1S/C61H160Si21/c1-51(2)64(56(67(14,15)16)68(17,18)19)82(55(9)10,65(52(3)4)57(69(20,21)22)70(23,24)25)63-62-79(50-66(11,12)13,80(53(5)6,58(71(26,27)28)72(29,30)31)59(73(32,33)34)74(35,36)37)81(54(7)8,60(75(38,39)40)76(41,42)43)61(77(44,45)46)78(47,48)49/h51-61H,50H2,1-49H3. The van der Waals surface area contributed by atoms with Crippen LogP contribution in [0, 0.1) is 0 Å². The first-order chi connectivity index (χ1) is 35.1. The van der Waals surface area contributed by atoms with Gasteiger partial charge in [0.25, 0.3) is 0 Å². The minimum Gasteiger partial charge on any atom is -0.0855 e. The van der Waals surface area contributed by atoms with Crippen LogP contribution in [0.15, 0.2) is 0 Å². The van der Waals surface area contributed by atoms with E-state index in [9.17, 15) is 0 Å². The first-order valence-corrected chi connectivity index (χ1v) is 102. The van der Waals surface area contributed by atoms with Gasteiger partial charge in [-0.15, -0.1) is 0 Å². The summed E-state index contributed by atoms with van der Waals surface area (Å²) in [6, 6.07) is 0. The van der Waals surface area contributed by atoms with Crippen molar-refractivity contribution in [1.82, 2.24) is 0 Å². The third-order valence-electron chi connectivity index (χ3n) is 20.6. The molecule has 0 aromatic carbocycles. The average molecular weight is 1480 g/mol. The molecule has 21 heteroatoms. The maximum absolute atomic E-state index is 3.15. The Balaban J connectivity index is 13.7. The molecule has 0 N–H and O–H groups in total. The fraction of sp³-hybridized carbons (Fsp3) is 1.00. The highest BCUT2D eigenvalue weighted by molar-refractivity contribution is 7.93. The highest BCUT2D eigenvalue weighted by atomic mass is 30.0. The molecule has 0 unspecified atom stereocenters. The van der Waals surface area contributed by atoms with Gasteiger partial charge in [-0.25, -0.2) is 0 Å². The van der Waals surface area contributed by atoms with E-state index in [-0.39, 0.29) is 0 Å². The van der Waals surface area contributed by atoms with Crippen molar-refractivity contribution < 1.29 is 0 Å². The molecule has 0 nitrogen and oxygen atoms in total. The monoisotopic (exact) mass is 1480 g/mol. The van der Waals surface area contributed by atoms with Crippen molar-refractivity contribution in [3.8, 4) is 0 Å². The summed E-state index contributed by atoms with van der Waals surface area (Å²) in [5.74, 6) is 0. The third-order valence-corrected chi connectivity index (χ3v) is 245. The van der Waals surface area contributed by atoms with Crippen molar-refractivity contribution >= 4 is 166 Å². The fourth-order valence-electron chi connectivity index (χ4n) is 24.1. The molecule has 488 valence electrons. The Kier molecular flexibility index (Phi) is 29.3. The van der Waals surface area contributed by atoms with Crippen LogP contribution in [0.3, 0.4) is 0 Å². The Morgan fingerprint density at radius 2 is 0.427 bits per heavy atom. The number of rotatable bonds is 29. The van der Waals surface area contributed by atoms with Crippen molar-refractivity contribution in [2.45, 2.75) is 387 Å². The molecule has 0 spiro atoms. The molecule has 0 aromatic rings. The van der Waals surface area contributed by atoms with Crippen LogP contribution in [0.5, 0.6) is 0 Å². The Morgan fingerprint density at radius 3 is 0.537 bits per heavy atom. The summed E-state index contributed by atoms with van der Waals surface area (Å²) in [5, 5.41) is 0. The zero-order chi connectivity index (χ0) is 67.1. The lowest BCUT2D eigenvalue weighted by molar-refractivity contribution is 0.971. The molecule has 0 saturated heterocycles. The third kappa shape index (κ3) is 18.7. The van der Waals surface area contributed by atoms with Crippen molar-refractivity contribution in [2.75, 3.05) is 0 Å². The summed E-state index contributed by atoms with van der Waals surface area (Å²) in [7, 11) is -27.2. The molecule has 0 rings (SSSR count). The van der Waals surface area contributed by atoms with E-state index in [0.29, 0.717) is 0 Å². The lowest BCUT2D eigenvalue weighted by Crippen LogP contribution is -2.95. The van der Waals surface area contributed by atoms with Crippen molar-refractivity contribution in [3.63, 3.8) is 0 Å². The minimum absolute atomic E-state index is 0.813. The van der Waals surface area contributed by atoms with E-state index in [2.05, 4.69) is 325 Å². The van der Waals surface area contributed by atoms with Crippen LogP contribution in [-0.2, 0) is 0 Å². The lowest BCUT2D eigenvalue weighted by Gasteiger charge is -2.77. The van der Waals surface area contributed by atoms with E-state index in [1.165, 1.54) is 15.9 Å². The van der Waals surface area contributed by atoms with Gasteiger partial charge in [0.05, 0.1) is 28.4 Å². The van der Waals surface area contributed by atoms with E-state index in [0.717, 1.165) is 56.4 Å². The summed E-state index contributed by atoms with van der Waals surface area (Å²) < 4.78 is 0. The Morgan fingerprint density at radius 1 is 0.244 bits per heavy atom. The van der Waals surface area contributed by atoms with E-state index in [1.807, 2.05) is 5.67 Å². The predicted octanol–water partition coefficient (Wildman–Crippen LogP) is 24.1. The highest BCUT2D eigenvalue weighted by Gasteiger charge is 2.82. The van der Waals surface area contributed by atoms with Crippen LogP contribution in [0.2, 0.25) is 317 Å². The van der Waals surface area contributed by atoms with Gasteiger partial charge in [0, 0.05) is 122 Å². The number of hydrogen-bond acceptors (Lipinski definition) is 0. The smallest absolute Gasteiger partial charge is 0.0835 e. The molecule has 0 aliphatic rings. The van der Waals surface area contributed by atoms with Gasteiger partial charge in [0.15, 0.2) is 0 Å². The lowest BCUT2D eigenvalue weighted by atomic mass is 10.6. The van der Waals surface area contributed by atoms with Crippen molar-refractivity contribution in [3.05, 3.63) is 0 Å². The van der Waals surface area contributed by atoms with E-state index >= 15 is 0 Å². The summed E-state index contributed by atoms with van der Waals surface area (Å²) in [4.78, 5) is 6.44. The molecular formula is C61H160Si21. The van der Waals surface area contributed by atoms with Gasteiger partial charge < -0.3 is 0 Å². The van der Waals surface area contributed by atoms with Crippen LogP contribution >= 0.6 is 0 Å². The predicted molar refractivity (Wildman–Crippen MR) is 452 cm³/mol. The second-order valence-electron chi connectivity index (χ2n) is 44.2. The quantitative estimate of drug-likeness (QED) is 0.0655. The average Bonchev–Trinajstić information content (AvgIpc) is 3.07. The molecule has 0 aliphatic heterocycles. The summed E-state index contributed by atoms with van der Waals surface area (Å²) in [5.41, 5.74) is 6.22. The van der Waals surface area contributed by atoms with Crippen LogP contribution in [0.25, 0.3) is 0 Å². The van der Waals surface area contributed by atoms with Crippen LogP contribution in [0.4, 0.5) is 0 Å². The second kappa shape index (κ2) is 27.7. The van der Waals surface area contributed by atoms with E-state index in [1.54, 1.807) is 0 Å². The van der Waals surface area contributed by atoms with Gasteiger partial charge in [-0.2, -0.15) is 0 Å². The van der Waals surface area contributed by atoms with Gasteiger partial charge >= 0.3 is 0 Å². The number of hydrogen-bond donors (Lipinski definition) is 0. The molecule has 0 aromatic heterocycles. The SMILES string of the molecule is CC(C)[Si](C([Si](C)(C)C)[Si](C)(C)C)[Si]([Si]#[Si][Si](C[Si](C)(C)C)([Si](C(C)C)(C([Si](C)(C)C)[Si](C)(C)C)C([Si](C)(C)C)[Si](C)(C)C)[Si](C(C)C)(C([Si](C)(C)C)[Si](C)(C)C)C([Si](C)(C)C)[Si](C)(C)C)(C(C)C)[Si](C(C)C)C([Si](C)(C)C)[Si](C)(C)C. The van der Waals surface area contributed by atoms with Crippen molar-refractivity contribution in [1.29, 1.82) is 0 Å². The first-order valence-electron chi connectivity index (χ1n) is 34.4. The maximum Gasteiger partial charge on any atom is 0.0835 e. The zero-order valence-corrected chi connectivity index (χ0v) is 87.6. The van der Waals surface area contributed by atoms with Gasteiger partial charge in [-0.1, -0.05) is 397 Å². The summed E-state index contributed by atoms with van der Waals surface area (Å²) in [6.07, 6.45) is 0. The highest BCUT2D eigenvalue weighted by Crippen LogP contribution is 2.69. The summed E-state index contributed by atoms with van der Waals surface area (Å²) >= 11 is 0. The van der Waals surface area contributed by atoms with Gasteiger partial charge in [0.2, 0.25) is 0 Å². The van der Waals surface area contributed by atoms with Gasteiger partial charge in [-0.05, 0) is 5.54 Å². The molecule has 2 radical (unpaired) electrons. The molecule has 0 atom stereocenters. The Labute approximate surface area is 546 Å². The van der Waals surface area contributed by atoms with Gasteiger partial charge in [0.1, 0.15) is 0 Å². The molecule has 82 heavy (non-hydrogen) atoms. The second-order valence-corrected chi connectivity index (χ2v) is 182. The molecule has 0 heterocycles. The molecule has 0 aliphatic carbocycles. The van der Waals surface area contributed by atoms with Crippen molar-refractivity contribution in [2.24, 2.45) is 0 Å². The fourth-order valence-corrected chi connectivity index (χ4v) is 460. The van der Waals surface area contributed by atoms with E-state index in [4.69, 9.17) is 0 Å². The first kappa shape index (κ1) is 86.6. The minimum atomic E-state index is -2.55. The van der Waals surface area contributed by atoms with Crippen LogP contribution < -0.4 is 0 Å². The Bertz CT molecular complexity index is 1830. The van der Waals surface area contributed by atoms with E-state index < -0.39 is 150 Å². The Hall–Kier alpha value is 4.55. The molecule has 0 bridgehead atoms. The molecule has 0 amide bonds. The molecule has 0 saturated carbocycles. The largest absolute Gasteiger partial charge is 0.0855 e. The maximum atomic E-state index is 3.15. The zero-order valence-electron chi connectivity index (χ0n) is 66.6. The van der Waals surface area contributed by atoms with Crippen LogP contribution in [0.1, 0.15) is 69.2 Å². The molecular weight excluding hydrogens is 1320 g/mol. The van der Waals surface area contributed by atoms with Crippen LogP contribution in [-0.4, -0.2) is 166 Å². The topological polar surface area (TPSA) is 0 Å². The molecule has 0 fully saturated rings.